The predicted octanol–water partition coefficient (Wildman–Crippen LogP) is 4.30. The molecule has 0 radical (unpaired) electrons. The van der Waals surface area contributed by atoms with Crippen LogP contribution in [-0.2, 0) is 9.53 Å². The molecule has 2 N–H and O–H groups in total. The van der Waals surface area contributed by atoms with Crippen LogP contribution in [0, 0.1) is 5.92 Å². The van der Waals surface area contributed by atoms with Crippen molar-refractivity contribution in [2.75, 3.05) is 11.9 Å². The lowest BCUT2D eigenvalue weighted by Gasteiger charge is -2.25. The Morgan fingerprint density at radius 3 is 2.28 bits per heavy atom. The van der Waals surface area contributed by atoms with Crippen molar-refractivity contribution in [3.05, 3.63) is 64.7 Å². The van der Waals surface area contributed by atoms with Crippen molar-refractivity contribution in [1.29, 1.82) is 0 Å². The van der Waals surface area contributed by atoms with E-state index in [2.05, 4.69) is 10.6 Å². The standard InChI is InChI=1S/C22H25ClN2O4/c1-14(2)13-29-20(27)15-8-10-18(11-9-15)24-21(28)22(3,4)25-19(26)16-6-5-7-17(23)12-16/h5-12,14H,13H2,1-4H3,(H,24,28)(H,25,26). The number of benzene rings is 2. The van der Waals surface area contributed by atoms with Gasteiger partial charge in [-0.15, -0.1) is 0 Å². The zero-order valence-electron chi connectivity index (χ0n) is 16.9. The molecule has 0 saturated carbocycles. The van der Waals surface area contributed by atoms with Gasteiger partial charge in [-0.25, -0.2) is 4.79 Å². The lowest BCUT2D eigenvalue weighted by molar-refractivity contribution is -0.120. The van der Waals surface area contributed by atoms with Gasteiger partial charge in [-0.2, -0.15) is 0 Å². The molecule has 2 aromatic rings. The van der Waals surface area contributed by atoms with E-state index in [1.165, 1.54) is 6.07 Å². The number of rotatable bonds is 7. The Hall–Kier alpha value is -2.86. The van der Waals surface area contributed by atoms with E-state index in [0.717, 1.165) is 0 Å². The highest BCUT2D eigenvalue weighted by atomic mass is 35.5. The zero-order valence-corrected chi connectivity index (χ0v) is 17.7. The zero-order chi connectivity index (χ0) is 21.6. The Balaban J connectivity index is 1.99. The molecule has 2 aromatic carbocycles. The fourth-order valence-electron chi connectivity index (χ4n) is 2.35. The highest BCUT2D eigenvalue weighted by molar-refractivity contribution is 6.31. The van der Waals surface area contributed by atoms with Gasteiger partial charge >= 0.3 is 5.97 Å². The molecular formula is C22H25ClN2O4. The quantitative estimate of drug-likeness (QED) is 0.659. The number of carbonyl (C=O) groups is 3. The molecule has 0 aliphatic rings. The van der Waals surface area contributed by atoms with Gasteiger partial charge in [-0.05, 0) is 62.2 Å². The maximum atomic E-state index is 12.6. The third-order valence-electron chi connectivity index (χ3n) is 4.01. The number of halogens is 1. The molecule has 0 bridgehead atoms. The molecule has 6 nitrogen and oxygen atoms in total. The SMILES string of the molecule is CC(C)COC(=O)c1ccc(NC(=O)C(C)(C)NC(=O)c2cccc(Cl)c2)cc1. The summed E-state index contributed by atoms with van der Waals surface area (Å²) in [6, 6.07) is 12.9. The number of ether oxygens (including phenoxy) is 1. The van der Waals surface area contributed by atoms with Gasteiger partial charge in [0.05, 0.1) is 12.2 Å². The molecule has 7 heteroatoms. The van der Waals surface area contributed by atoms with Crippen LogP contribution in [0.15, 0.2) is 48.5 Å². The van der Waals surface area contributed by atoms with Crippen molar-refractivity contribution in [2.45, 2.75) is 33.2 Å². The lowest BCUT2D eigenvalue weighted by atomic mass is 10.0. The average molecular weight is 417 g/mol. The second kappa shape index (κ2) is 9.56. The van der Waals surface area contributed by atoms with Crippen LogP contribution in [0.2, 0.25) is 5.02 Å². The summed E-state index contributed by atoms with van der Waals surface area (Å²) in [5, 5.41) is 5.86. The molecule has 2 rings (SSSR count). The first-order valence-corrected chi connectivity index (χ1v) is 9.63. The van der Waals surface area contributed by atoms with Gasteiger partial charge in [0.1, 0.15) is 5.54 Å². The number of esters is 1. The Kier molecular flexibility index (Phi) is 7.40. The van der Waals surface area contributed by atoms with Crippen LogP contribution in [0.3, 0.4) is 0 Å². The summed E-state index contributed by atoms with van der Waals surface area (Å²) in [4.78, 5) is 37.0. The highest BCUT2D eigenvalue weighted by Crippen LogP contribution is 2.16. The van der Waals surface area contributed by atoms with E-state index in [4.69, 9.17) is 16.3 Å². The normalized spacial score (nSPS) is 11.1. The van der Waals surface area contributed by atoms with E-state index in [0.29, 0.717) is 28.4 Å². The number of hydrogen-bond donors (Lipinski definition) is 2. The smallest absolute Gasteiger partial charge is 0.338 e. The summed E-state index contributed by atoms with van der Waals surface area (Å²) in [7, 11) is 0. The summed E-state index contributed by atoms with van der Waals surface area (Å²) >= 11 is 5.91. The van der Waals surface area contributed by atoms with Gasteiger partial charge in [-0.3, -0.25) is 9.59 Å². The van der Waals surface area contributed by atoms with Crippen LogP contribution >= 0.6 is 11.6 Å². The van der Waals surface area contributed by atoms with Gasteiger partial charge in [-0.1, -0.05) is 31.5 Å². The summed E-state index contributed by atoms with van der Waals surface area (Å²) in [5.74, 6) is -0.966. The lowest BCUT2D eigenvalue weighted by Crippen LogP contribution is -2.52. The minimum atomic E-state index is -1.17. The molecule has 2 amide bonds. The third kappa shape index (κ3) is 6.61. The average Bonchev–Trinajstić information content (AvgIpc) is 2.66. The monoisotopic (exact) mass is 416 g/mol. The Bertz CT molecular complexity index is 892. The molecule has 0 saturated heterocycles. The first-order valence-electron chi connectivity index (χ1n) is 9.25. The molecule has 154 valence electrons. The number of amides is 2. The van der Waals surface area contributed by atoms with E-state index in [-0.39, 0.29) is 5.92 Å². The van der Waals surface area contributed by atoms with Crippen molar-refractivity contribution < 1.29 is 19.1 Å². The van der Waals surface area contributed by atoms with Crippen LogP contribution in [0.4, 0.5) is 5.69 Å². The molecule has 0 unspecified atom stereocenters. The van der Waals surface area contributed by atoms with Gasteiger partial charge < -0.3 is 15.4 Å². The highest BCUT2D eigenvalue weighted by Gasteiger charge is 2.30. The molecule has 29 heavy (non-hydrogen) atoms. The van der Waals surface area contributed by atoms with Crippen molar-refractivity contribution in [3.8, 4) is 0 Å². The second-order valence-electron chi connectivity index (χ2n) is 7.61. The summed E-state index contributed by atoms with van der Waals surface area (Å²) < 4.78 is 5.18. The van der Waals surface area contributed by atoms with Gasteiger partial charge in [0, 0.05) is 16.3 Å². The van der Waals surface area contributed by atoms with Crippen LogP contribution in [-0.4, -0.2) is 29.9 Å². The molecule has 0 aromatic heterocycles. The molecule has 0 spiro atoms. The minimum Gasteiger partial charge on any atom is -0.462 e. The first kappa shape index (κ1) is 22.4. The largest absolute Gasteiger partial charge is 0.462 e. The van der Waals surface area contributed by atoms with Crippen molar-refractivity contribution in [3.63, 3.8) is 0 Å². The molecule has 0 aliphatic carbocycles. The maximum Gasteiger partial charge on any atom is 0.338 e. The molecule has 0 aliphatic heterocycles. The van der Waals surface area contributed by atoms with Crippen LogP contribution in [0.5, 0.6) is 0 Å². The molecule has 0 heterocycles. The predicted molar refractivity (Wildman–Crippen MR) is 113 cm³/mol. The molecular weight excluding hydrogens is 392 g/mol. The van der Waals surface area contributed by atoms with E-state index < -0.39 is 23.3 Å². The van der Waals surface area contributed by atoms with Crippen molar-refractivity contribution in [1.82, 2.24) is 5.32 Å². The van der Waals surface area contributed by atoms with E-state index in [1.54, 1.807) is 56.3 Å². The Morgan fingerprint density at radius 1 is 1.03 bits per heavy atom. The Labute approximate surface area is 175 Å². The van der Waals surface area contributed by atoms with Gasteiger partial charge in [0.2, 0.25) is 5.91 Å². The molecule has 0 atom stereocenters. The topological polar surface area (TPSA) is 84.5 Å². The molecule has 0 fully saturated rings. The first-order chi connectivity index (χ1) is 13.6. The fourth-order valence-corrected chi connectivity index (χ4v) is 2.54. The summed E-state index contributed by atoms with van der Waals surface area (Å²) in [5.41, 5.74) is 0.0918. The second-order valence-corrected chi connectivity index (χ2v) is 8.05. The summed E-state index contributed by atoms with van der Waals surface area (Å²) in [6.45, 7) is 7.46. The minimum absolute atomic E-state index is 0.252. The third-order valence-corrected chi connectivity index (χ3v) is 4.24. The number of anilines is 1. The summed E-state index contributed by atoms with van der Waals surface area (Å²) in [6.07, 6.45) is 0. The van der Waals surface area contributed by atoms with Crippen molar-refractivity contribution >= 4 is 35.1 Å². The maximum absolute atomic E-state index is 12.6. The van der Waals surface area contributed by atoms with Crippen LogP contribution < -0.4 is 10.6 Å². The van der Waals surface area contributed by atoms with E-state index in [9.17, 15) is 14.4 Å². The van der Waals surface area contributed by atoms with E-state index in [1.807, 2.05) is 13.8 Å². The van der Waals surface area contributed by atoms with Crippen LogP contribution in [0.1, 0.15) is 48.4 Å². The van der Waals surface area contributed by atoms with Crippen LogP contribution in [0.25, 0.3) is 0 Å². The van der Waals surface area contributed by atoms with Gasteiger partial charge in [0.25, 0.3) is 5.91 Å². The van der Waals surface area contributed by atoms with Crippen molar-refractivity contribution in [2.24, 2.45) is 5.92 Å². The number of hydrogen-bond acceptors (Lipinski definition) is 4. The van der Waals surface area contributed by atoms with E-state index >= 15 is 0 Å². The van der Waals surface area contributed by atoms with Gasteiger partial charge in [0.15, 0.2) is 0 Å². The Morgan fingerprint density at radius 2 is 1.69 bits per heavy atom. The number of carbonyl (C=O) groups excluding carboxylic acids is 3. The number of nitrogens with one attached hydrogen (secondary N) is 2. The fraction of sp³-hybridized carbons (Fsp3) is 0.318.